The van der Waals surface area contributed by atoms with E-state index >= 15 is 0 Å². The second kappa shape index (κ2) is 5.19. The third kappa shape index (κ3) is 4.24. The van der Waals surface area contributed by atoms with Crippen LogP contribution in [0.15, 0.2) is 0 Å². The third-order valence-corrected chi connectivity index (χ3v) is 2.73. The van der Waals surface area contributed by atoms with E-state index in [1.54, 1.807) is 0 Å². The molecule has 0 aromatic rings. The van der Waals surface area contributed by atoms with Gasteiger partial charge in [-0.15, -0.1) is 0 Å². The standard InChI is InChI=1S/C9H17NO2.H2O/c1-10(6-2-3-7-10)8-4-5-9(11)12;/h2-8H2,1H3;1H2. The number of carboxylic acids is 1. The van der Waals surface area contributed by atoms with Gasteiger partial charge in [-0.05, 0) is 0 Å². The molecular formula is C9H19NO3. The van der Waals surface area contributed by atoms with Crippen molar-refractivity contribution < 1.29 is 19.9 Å². The molecule has 1 rings (SSSR count). The maximum atomic E-state index is 10.3. The maximum absolute atomic E-state index is 10.3. The van der Waals surface area contributed by atoms with Gasteiger partial charge in [0.25, 0.3) is 0 Å². The first kappa shape index (κ1) is 12.4. The number of carbonyl (C=O) groups is 1. The lowest BCUT2D eigenvalue weighted by Gasteiger charge is -2.28. The highest BCUT2D eigenvalue weighted by Gasteiger charge is 2.25. The Hall–Kier alpha value is -0.610. The summed E-state index contributed by atoms with van der Waals surface area (Å²) in [4.78, 5) is 10.3. The molecule has 1 aliphatic rings. The lowest BCUT2D eigenvalue weighted by atomic mass is 10.3. The summed E-state index contributed by atoms with van der Waals surface area (Å²) in [5.74, 6) is -0.666. The Bertz CT molecular complexity index is 164. The monoisotopic (exact) mass is 189 g/mol. The number of hydrogen-bond acceptors (Lipinski definition) is 2. The Kier molecular flexibility index (Phi) is 4.95. The fraction of sp³-hybridized carbons (Fsp3) is 0.889. The number of rotatable bonds is 4. The van der Waals surface area contributed by atoms with Crippen LogP contribution < -0.4 is 0 Å². The molecule has 0 aromatic heterocycles. The van der Waals surface area contributed by atoms with Crippen molar-refractivity contribution in [3.05, 3.63) is 0 Å². The molecule has 13 heavy (non-hydrogen) atoms. The van der Waals surface area contributed by atoms with Crippen molar-refractivity contribution in [3.63, 3.8) is 0 Å². The Morgan fingerprint density at radius 3 is 2.38 bits per heavy atom. The molecule has 0 aliphatic carbocycles. The number of quaternary nitrogens is 1. The minimum atomic E-state index is -0.666. The average molecular weight is 189 g/mol. The smallest absolute Gasteiger partial charge is 0.303 e. The van der Waals surface area contributed by atoms with E-state index in [9.17, 15) is 4.79 Å². The molecular weight excluding hydrogens is 170 g/mol. The van der Waals surface area contributed by atoms with Gasteiger partial charge in [-0.3, -0.25) is 4.79 Å². The first-order valence-corrected chi connectivity index (χ1v) is 4.68. The van der Waals surface area contributed by atoms with Gasteiger partial charge in [-0.2, -0.15) is 0 Å². The van der Waals surface area contributed by atoms with Crippen molar-refractivity contribution in [2.75, 3.05) is 26.7 Å². The number of nitrogens with zero attached hydrogens (tertiary/aromatic N) is 1. The van der Waals surface area contributed by atoms with Crippen molar-refractivity contribution in [2.45, 2.75) is 25.7 Å². The SMILES string of the molecule is C[N+]1(CCCC(=O)O)CCCC1.[OH-]. The van der Waals surface area contributed by atoms with Crippen LogP contribution in [0, 0.1) is 0 Å². The van der Waals surface area contributed by atoms with Crippen LogP contribution in [0.1, 0.15) is 25.7 Å². The van der Waals surface area contributed by atoms with E-state index < -0.39 is 5.97 Å². The van der Waals surface area contributed by atoms with Gasteiger partial charge in [-0.25, -0.2) is 0 Å². The van der Waals surface area contributed by atoms with Crippen molar-refractivity contribution in [3.8, 4) is 0 Å². The largest absolute Gasteiger partial charge is 0.870 e. The Morgan fingerprint density at radius 2 is 1.92 bits per heavy atom. The van der Waals surface area contributed by atoms with Gasteiger partial charge in [-0.1, -0.05) is 0 Å². The highest BCUT2D eigenvalue weighted by molar-refractivity contribution is 5.66. The molecule has 2 N–H and O–H groups in total. The van der Waals surface area contributed by atoms with Crippen molar-refractivity contribution in [1.82, 2.24) is 0 Å². The quantitative estimate of drug-likeness (QED) is 0.668. The van der Waals surface area contributed by atoms with Gasteiger partial charge in [0.15, 0.2) is 0 Å². The van der Waals surface area contributed by atoms with Crippen LogP contribution >= 0.6 is 0 Å². The van der Waals surface area contributed by atoms with Crippen molar-refractivity contribution in [2.24, 2.45) is 0 Å². The predicted octanol–water partition coefficient (Wildman–Crippen LogP) is 0.915. The van der Waals surface area contributed by atoms with Crippen LogP contribution in [0.3, 0.4) is 0 Å². The number of likely N-dealkylation sites (tertiary alicyclic amines) is 1. The van der Waals surface area contributed by atoms with E-state index in [2.05, 4.69) is 7.05 Å². The maximum Gasteiger partial charge on any atom is 0.303 e. The molecule has 1 heterocycles. The fourth-order valence-electron chi connectivity index (χ4n) is 1.93. The minimum Gasteiger partial charge on any atom is -0.870 e. The van der Waals surface area contributed by atoms with E-state index in [-0.39, 0.29) is 5.48 Å². The molecule has 0 aromatic carbocycles. The van der Waals surface area contributed by atoms with E-state index in [4.69, 9.17) is 5.11 Å². The van der Waals surface area contributed by atoms with E-state index in [1.165, 1.54) is 25.9 Å². The normalized spacial score (nSPS) is 19.5. The third-order valence-electron chi connectivity index (χ3n) is 2.73. The molecule has 0 bridgehead atoms. The summed E-state index contributed by atoms with van der Waals surface area (Å²) in [5, 5.41) is 8.46. The molecule has 1 fully saturated rings. The summed E-state index contributed by atoms with van der Waals surface area (Å²) in [5.41, 5.74) is 0. The summed E-state index contributed by atoms with van der Waals surface area (Å²) in [6.45, 7) is 3.51. The molecule has 0 atom stereocenters. The van der Waals surface area contributed by atoms with Crippen LogP contribution in [0.2, 0.25) is 0 Å². The highest BCUT2D eigenvalue weighted by atomic mass is 16.4. The topological polar surface area (TPSA) is 67.3 Å². The van der Waals surface area contributed by atoms with Crippen LogP contribution in [-0.2, 0) is 4.79 Å². The van der Waals surface area contributed by atoms with Crippen LogP contribution in [-0.4, -0.2) is 47.7 Å². The molecule has 1 aliphatic heterocycles. The second-order valence-electron chi connectivity index (χ2n) is 3.99. The first-order chi connectivity index (χ1) is 5.62. The van der Waals surface area contributed by atoms with Gasteiger partial charge in [0.05, 0.1) is 33.1 Å². The average Bonchev–Trinajstić information content (AvgIpc) is 2.35. The van der Waals surface area contributed by atoms with Gasteiger partial charge in [0, 0.05) is 19.3 Å². The predicted molar refractivity (Wildman–Crippen MR) is 48.8 cm³/mol. The van der Waals surface area contributed by atoms with Crippen molar-refractivity contribution in [1.29, 1.82) is 0 Å². The van der Waals surface area contributed by atoms with Crippen LogP contribution in [0.5, 0.6) is 0 Å². The van der Waals surface area contributed by atoms with Gasteiger partial charge >= 0.3 is 5.97 Å². The zero-order valence-corrected chi connectivity index (χ0v) is 8.20. The fourth-order valence-corrected chi connectivity index (χ4v) is 1.93. The second-order valence-corrected chi connectivity index (χ2v) is 3.99. The Balaban J connectivity index is 0.00000144. The van der Waals surface area contributed by atoms with E-state index in [0.29, 0.717) is 6.42 Å². The van der Waals surface area contributed by atoms with E-state index in [0.717, 1.165) is 17.4 Å². The van der Waals surface area contributed by atoms with Gasteiger partial charge < -0.3 is 15.1 Å². The molecule has 4 nitrogen and oxygen atoms in total. The van der Waals surface area contributed by atoms with Crippen LogP contribution in [0.4, 0.5) is 0 Å². The van der Waals surface area contributed by atoms with E-state index in [1.807, 2.05) is 0 Å². The summed E-state index contributed by atoms with van der Waals surface area (Å²) in [6.07, 6.45) is 3.77. The Morgan fingerprint density at radius 1 is 1.38 bits per heavy atom. The molecule has 0 radical (unpaired) electrons. The number of aliphatic carboxylic acids is 1. The van der Waals surface area contributed by atoms with Gasteiger partial charge in [0.2, 0.25) is 0 Å². The first-order valence-electron chi connectivity index (χ1n) is 4.68. The molecule has 4 heteroatoms. The molecule has 78 valence electrons. The summed E-state index contributed by atoms with van der Waals surface area (Å²) in [7, 11) is 2.23. The minimum absolute atomic E-state index is 0. The molecule has 1 saturated heterocycles. The lowest BCUT2D eigenvalue weighted by molar-refractivity contribution is -0.897. The molecule has 0 unspecified atom stereocenters. The summed E-state index contributed by atoms with van der Waals surface area (Å²) < 4.78 is 1.09. The Labute approximate surface area is 79.1 Å². The van der Waals surface area contributed by atoms with Crippen LogP contribution in [0.25, 0.3) is 0 Å². The zero-order valence-electron chi connectivity index (χ0n) is 8.20. The zero-order chi connectivity index (χ0) is 9.03. The molecule has 0 saturated carbocycles. The molecule has 0 amide bonds. The summed E-state index contributed by atoms with van der Waals surface area (Å²) in [6, 6.07) is 0. The number of carboxylic acid groups (broad SMARTS) is 1. The summed E-state index contributed by atoms with van der Waals surface area (Å²) >= 11 is 0. The highest BCUT2D eigenvalue weighted by Crippen LogP contribution is 2.16. The number of hydrogen-bond donors (Lipinski definition) is 1. The molecule has 0 spiro atoms. The van der Waals surface area contributed by atoms with Gasteiger partial charge in [0.1, 0.15) is 0 Å². The van der Waals surface area contributed by atoms with Crippen molar-refractivity contribution >= 4 is 5.97 Å². The lowest BCUT2D eigenvalue weighted by Crippen LogP contribution is -2.41.